The van der Waals surface area contributed by atoms with Crippen molar-refractivity contribution in [2.45, 2.75) is 46.2 Å². The fraction of sp³-hybridized carbons (Fsp3) is 0.560. The molecule has 2 aliphatic carbocycles. The Morgan fingerprint density at radius 1 is 1.16 bits per heavy atom. The van der Waals surface area contributed by atoms with Gasteiger partial charge in [0.25, 0.3) is 0 Å². The second kappa shape index (κ2) is 8.76. The lowest BCUT2D eigenvalue weighted by atomic mass is 9.70. The van der Waals surface area contributed by atoms with Gasteiger partial charge in [-0.2, -0.15) is 4.31 Å². The van der Waals surface area contributed by atoms with Crippen molar-refractivity contribution in [2.75, 3.05) is 26.0 Å². The third-order valence-corrected chi connectivity index (χ3v) is 9.92. The molecule has 2 bridgehead atoms. The van der Waals surface area contributed by atoms with Gasteiger partial charge in [0.1, 0.15) is 5.78 Å². The summed E-state index contributed by atoms with van der Waals surface area (Å²) in [6.07, 6.45) is 4.10. The average Bonchev–Trinajstić information content (AvgIpc) is 3.33. The molecule has 174 valence electrons. The van der Waals surface area contributed by atoms with Gasteiger partial charge >= 0.3 is 0 Å². The summed E-state index contributed by atoms with van der Waals surface area (Å²) in [6, 6.07) is 14.0. The molecule has 2 aliphatic rings. The van der Waals surface area contributed by atoms with E-state index in [0.717, 1.165) is 17.7 Å². The Labute approximate surface area is 191 Å². The second-order valence-corrected chi connectivity index (χ2v) is 11.8. The maximum absolute atomic E-state index is 13.7. The van der Waals surface area contributed by atoms with Crippen molar-refractivity contribution in [1.82, 2.24) is 8.87 Å². The summed E-state index contributed by atoms with van der Waals surface area (Å²) < 4.78 is 36.2. The van der Waals surface area contributed by atoms with E-state index in [0.29, 0.717) is 31.9 Å². The largest absolute Gasteiger partial charge is 0.383 e. The SMILES string of the molecule is COCCN(Cc1cccn1Cc1ccccc1)S(=O)(=O)CC12CCC(CC1=O)C2(C)C. The molecule has 6 nitrogen and oxygen atoms in total. The molecule has 32 heavy (non-hydrogen) atoms. The van der Waals surface area contributed by atoms with Crippen molar-refractivity contribution < 1.29 is 17.9 Å². The number of fused-ring (bicyclic) bond motifs is 2. The Kier molecular flexibility index (Phi) is 6.36. The van der Waals surface area contributed by atoms with Crippen molar-refractivity contribution in [3.63, 3.8) is 0 Å². The fourth-order valence-electron chi connectivity index (χ4n) is 5.73. The zero-order valence-corrected chi connectivity index (χ0v) is 20.1. The molecular formula is C25H34N2O4S. The smallest absolute Gasteiger partial charge is 0.215 e. The van der Waals surface area contributed by atoms with E-state index in [1.54, 1.807) is 7.11 Å². The number of nitrogens with zero attached hydrogens (tertiary/aromatic N) is 2. The Morgan fingerprint density at radius 3 is 2.53 bits per heavy atom. The highest BCUT2D eigenvalue weighted by Gasteiger charge is 2.65. The van der Waals surface area contributed by atoms with Crippen molar-refractivity contribution in [3.05, 3.63) is 59.9 Å². The minimum Gasteiger partial charge on any atom is -0.383 e. The van der Waals surface area contributed by atoms with Crippen LogP contribution >= 0.6 is 0 Å². The van der Waals surface area contributed by atoms with Gasteiger partial charge < -0.3 is 9.30 Å². The van der Waals surface area contributed by atoms with Gasteiger partial charge in [0, 0.05) is 43.9 Å². The zero-order valence-electron chi connectivity index (χ0n) is 19.3. The number of carbonyl (C=O) groups excluding carboxylic acids is 1. The molecule has 0 amide bonds. The number of sulfonamides is 1. The molecule has 0 radical (unpaired) electrons. The molecule has 2 fully saturated rings. The summed E-state index contributed by atoms with van der Waals surface area (Å²) >= 11 is 0. The van der Waals surface area contributed by atoms with Gasteiger partial charge in [0.15, 0.2) is 0 Å². The maximum Gasteiger partial charge on any atom is 0.215 e. The van der Waals surface area contributed by atoms with Gasteiger partial charge in [-0.3, -0.25) is 4.79 Å². The quantitative estimate of drug-likeness (QED) is 0.544. The summed E-state index contributed by atoms with van der Waals surface area (Å²) in [6.45, 7) is 5.68. The molecular weight excluding hydrogens is 424 g/mol. The molecule has 7 heteroatoms. The first kappa shape index (κ1) is 23.2. The van der Waals surface area contributed by atoms with E-state index in [9.17, 15) is 13.2 Å². The maximum atomic E-state index is 13.7. The molecule has 0 N–H and O–H groups in total. The Balaban J connectivity index is 1.58. The minimum atomic E-state index is -3.67. The highest BCUT2D eigenvalue weighted by Crippen LogP contribution is 2.64. The molecule has 4 rings (SSSR count). The van der Waals surface area contributed by atoms with Crippen LogP contribution in [0.2, 0.25) is 0 Å². The van der Waals surface area contributed by atoms with Gasteiger partial charge in [-0.05, 0) is 41.9 Å². The highest BCUT2D eigenvalue weighted by molar-refractivity contribution is 7.89. The number of methoxy groups -OCH3 is 1. The molecule has 0 aliphatic heterocycles. The fourth-order valence-corrected chi connectivity index (χ4v) is 7.89. The number of hydrogen-bond acceptors (Lipinski definition) is 4. The summed E-state index contributed by atoms with van der Waals surface area (Å²) in [7, 11) is -2.10. The summed E-state index contributed by atoms with van der Waals surface area (Å²) in [5.74, 6) is 0.313. The topological polar surface area (TPSA) is 68.6 Å². The lowest BCUT2D eigenvalue weighted by Gasteiger charge is -2.37. The molecule has 2 atom stereocenters. The third kappa shape index (κ3) is 4.06. The van der Waals surface area contributed by atoms with Crippen molar-refractivity contribution in [3.8, 4) is 0 Å². The number of ether oxygens (including phenoxy) is 1. The molecule has 2 aromatic rings. The monoisotopic (exact) mass is 458 g/mol. The van der Waals surface area contributed by atoms with Crippen LogP contribution in [0.25, 0.3) is 0 Å². The van der Waals surface area contributed by atoms with Crippen LogP contribution in [0.5, 0.6) is 0 Å². The van der Waals surface area contributed by atoms with Crippen LogP contribution in [0.15, 0.2) is 48.7 Å². The van der Waals surface area contributed by atoms with E-state index in [4.69, 9.17) is 4.74 Å². The summed E-state index contributed by atoms with van der Waals surface area (Å²) in [5, 5.41) is 0. The number of carbonyl (C=O) groups is 1. The van der Waals surface area contributed by atoms with E-state index in [-0.39, 0.29) is 30.0 Å². The first-order valence-corrected chi connectivity index (χ1v) is 13.0. The van der Waals surface area contributed by atoms with Crippen LogP contribution in [-0.2, 0) is 32.6 Å². The van der Waals surface area contributed by atoms with Gasteiger partial charge in [-0.15, -0.1) is 0 Å². The first-order chi connectivity index (χ1) is 15.2. The summed E-state index contributed by atoms with van der Waals surface area (Å²) in [5.41, 5.74) is 1.03. The van der Waals surface area contributed by atoms with Crippen LogP contribution in [0.4, 0.5) is 0 Å². The van der Waals surface area contributed by atoms with E-state index >= 15 is 0 Å². The van der Waals surface area contributed by atoms with Gasteiger partial charge in [0.05, 0.1) is 18.9 Å². The molecule has 2 unspecified atom stereocenters. The Hall–Kier alpha value is -1.96. The molecule has 2 saturated carbocycles. The van der Waals surface area contributed by atoms with E-state index in [1.807, 2.05) is 36.5 Å². The van der Waals surface area contributed by atoms with Crippen molar-refractivity contribution in [1.29, 1.82) is 0 Å². The van der Waals surface area contributed by atoms with Crippen LogP contribution in [0.3, 0.4) is 0 Å². The van der Waals surface area contributed by atoms with Gasteiger partial charge in [0.2, 0.25) is 10.0 Å². The van der Waals surface area contributed by atoms with Crippen LogP contribution in [-0.4, -0.2) is 49.1 Å². The number of ketones is 1. The highest BCUT2D eigenvalue weighted by atomic mass is 32.2. The van der Waals surface area contributed by atoms with E-state index < -0.39 is 15.4 Å². The molecule has 0 saturated heterocycles. The normalized spacial score (nSPS) is 24.5. The number of aromatic nitrogens is 1. The Morgan fingerprint density at radius 2 is 1.91 bits per heavy atom. The van der Waals surface area contributed by atoms with Gasteiger partial charge in [-0.25, -0.2) is 8.42 Å². The van der Waals surface area contributed by atoms with Crippen LogP contribution in [0, 0.1) is 16.7 Å². The van der Waals surface area contributed by atoms with Crippen LogP contribution in [0.1, 0.15) is 44.4 Å². The predicted molar refractivity (Wildman–Crippen MR) is 125 cm³/mol. The summed E-state index contributed by atoms with van der Waals surface area (Å²) in [4.78, 5) is 13.0. The molecule has 1 aromatic carbocycles. The first-order valence-electron chi connectivity index (χ1n) is 11.4. The van der Waals surface area contributed by atoms with Crippen molar-refractivity contribution in [2.24, 2.45) is 16.7 Å². The molecule has 1 heterocycles. The van der Waals surface area contributed by atoms with Crippen molar-refractivity contribution >= 4 is 15.8 Å². The van der Waals surface area contributed by atoms with Gasteiger partial charge in [-0.1, -0.05) is 44.2 Å². The standard InChI is InChI=1S/C25H34N2O4S/c1-24(2)21-11-12-25(24,23(28)16-21)19-32(29,30)27(14-15-31-3)18-22-10-7-13-26(22)17-20-8-5-4-6-9-20/h4-10,13,21H,11-12,14-19H2,1-3H3. The lowest BCUT2D eigenvalue weighted by Crippen LogP contribution is -2.47. The minimum absolute atomic E-state index is 0.106. The second-order valence-electron chi connectivity index (χ2n) is 9.86. The average molecular weight is 459 g/mol. The molecule has 1 aromatic heterocycles. The number of hydrogen-bond donors (Lipinski definition) is 0. The number of benzene rings is 1. The van der Waals surface area contributed by atoms with E-state index in [2.05, 4.69) is 30.5 Å². The number of Topliss-reactive ketones (excluding diaryl/α,β-unsaturated/α-hetero) is 1. The number of rotatable bonds is 10. The third-order valence-electron chi connectivity index (χ3n) is 7.96. The lowest BCUT2D eigenvalue weighted by molar-refractivity contribution is -0.128. The Bertz CT molecular complexity index is 1060. The van der Waals surface area contributed by atoms with E-state index in [1.165, 1.54) is 4.31 Å². The van der Waals surface area contributed by atoms with Crippen LogP contribution < -0.4 is 0 Å². The predicted octanol–water partition coefficient (Wildman–Crippen LogP) is 3.71. The zero-order chi connectivity index (χ0) is 23.0. The molecule has 0 spiro atoms.